The molecule has 10 heteroatoms. The van der Waals surface area contributed by atoms with Gasteiger partial charge in [-0.3, -0.25) is 0 Å². The Balaban J connectivity index is 3.49. The number of hydrogen-bond donors (Lipinski definition) is 1. The molecule has 0 radical (unpaired) electrons. The highest BCUT2D eigenvalue weighted by molar-refractivity contribution is 9.08. The van der Waals surface area contributed by atoms with Crippen molar-refractivity contribution in [3.05, 3.63) is 23.0 Å². The second kappa shape index (κ2) is 5.68. The van der Waals surface area contributed by atoms with Gasteiger partial charge in [0.05, 0.1) is 5.69 Å². The number of carboxylic acids is 1. The zero-order valence-corrected chi connectivity index (χ0v) is 10.4. The summed E-state index contributed by atoms with van der Waals surface area (Å²) in [6.45, 7) is 0. The van der Waals surface area contributed by atoms with Gasteiger partial charge >= 0.3 is 12.3 Å². The number of carbonyl (C=O) groups is 1. The van der Waals surface area contributed by atoms with Gasteiger partial charge in [-0.2, -0.15) is 0 Å². The molecule has 0 spiro atoms. The van der Waals surface area contributed by atoms with Crippen molar-refractivity contribution in [1.82, 2.24) is 4.98 Å². The number of hydrogen-bond acceptors (Lipinski definition) is 3. The number of aromatic nitrogens is 1. The topological polar surface area (TPSA) is 59.4 Å². The lowest BCUT2D eigenvalue weighted by Crippen LogP contribution is -2.21. The molecule has 0 aliphatic carbocycles. The van der Waals surface area contributed by atoms with Crippen LogP contribution in [-0.4, -0.2) is 22.4 Å². The molecular formula is C9H5BrF5NO3. The number of alkyl halides is 6. The van der Waals surface area contributed by atoms with Crippen LogP contribution in [0.15, 0.2) is 6.07 Å². The minimum Gasteiger partial charge on any atom is -0.478 e. The zero-order valence-electron chi connectivity index (χ0n) is 8.84. The average molecular weight is 350 g/mol. The normalized spacial score (nSPS) is 11.7. The Kier molecular flexibility index (Phi) is 4.66. The van der Waals surface area contributed by atoms with E-state index in [1.807, 2.05) is 0 Å². The van der Waals surface area contributed by atoms with Crippen LogP contribution in [0.3, 0.4) is 0 Å². The van der Waals surface area contributed by atoms with E-state index in [2.05, 4.69) is 25.7 Å². The molecule has 0 aromatic carbocycles. The summed E-state index contributed by atoms with van der Waals surface area (Å²) in [7, 11) is 0. The molecule has 1 aromatic rings. The van der Waals surface area contributed by atoms with Crippen LogP contribution in [0.5, 0.6) is 5.75 Å². The molecule has 0 fully saturated rings. The highest BCUT2D eigenvalue weighted by Crippen LogP contribution is 2.35. The largest absolute Gasteiger partial charge is 0.573 e. The first-order chi connectivity index (χ1) is 8.65. The van der Waals surface area contributed by atoms with Crippen LogP contribution in [0.25, 0.3) is 0 Å². The maximum Gasteiger partial charge on any atom is 0.573 e. The Labute approximate surface area is 111 Å². The average Bonchev–Trinajstić information content (AvgIpc) is 2.26. The predicted molar refractivity (Wildman–Crippen MR) is 55.5 cm³/mol. The number of halogens is 6. The molecule has 0 atom stereocenters. The van der Waals surface area contributed by atoms with Crippen molar-refractivity contribution in [2.24, 2.45) is 0 Å². The van der Waals surface area contributed by atoms with E-state index in [4.69, 9.17) is 5.11 Å². The van der Waals surface area contributed by atoms with Crippen LogP contribution in [0.2, 0.25) is 0 Å². The predicted octanol–water partition coefficient (Wildman–Crippen LogP) is 3.51. The van der Waals surface area contributed by atoms with Gasteiger partial charge in [0.1, 0.15) is 11.3 Å². The van der Waals surface area contributed by atoms with E-state index in [0.29, 0.717) is 0 Å². The molecule has 0 unspecified atom stereocenters. The van der Waals surface area contributed by atoms with Gasteiger partial charge < -0.3 is 9.84 Å². The number of aromatic carboxylic acids is 1. The van der Waals surface area contributed by atoms with Crippen molar-refractivity contribution in [3.8, 4) is 5.75 Å². The summed E-state index contributed by atoms with van der Waals surface area (Å²) in [4.78, 5) is 14.0. The van der Waals surface area contributed by atoms with Gasteiger partial charge in [-0.1, -0.05) is 15.9 Å². The smallest absolute Gasteiger partial charge is 0.478 e. The maximum absolute atomic E-state index is 12.6. The number of rotatable bonds is 4. The third-order valence-electron chi connectivity index (χ3n) is 1.84. The van der Waals surface area contributed by atoms with Gasteiger partial charge in [-0.15, -0.1) is 13.2 Å². The Bertz CT molecular complexity index is 491. The molecule has 0 aliphatic rings. The lowest BCUT2D eigenvalue weighted by atomic mass is 10.1. The molecular weight excluding hydrogens is 345 g/mol. The van der Waals surface area contributed by atoms with E-state index < -0.39 is 35.8 Å². The number of carboxylic acid groups (broad SMARTS) is 1. The standard InChI is InChI=1S/C9H5BrF5NO3/c10-2-3-1-4(8(17)18)6(19-9(13,14)15)5(16-3)7(11)12/h1,7H,2H2,(H,17,18). The Hall–Kier alpha value is -1.45. The van der Waals surface area contributed by atoms with Gasteiger partial charge in [0.15, 0.2) is 5.75 Å². The molecule has 1 aromatic heterocycles. The molecule has 0 amide bonds. The summed E-state index contributed by atoms with van der Waals surface area (Å²) in [6.07, 6.45) is -8.71. The van der Waals surface area contributed by atoms with E-state index in [1.165, 1.54) is 0 Å². The minimum atomic E-state index is -5.30. The molecule has 4 nitrogen and oxygen atoms in total. The summed E-state index contributed by atoms with van der Waals surface area (Å²) in [5, 5.41) is 8.66. The first-order valence-corrected chi connectivity index (χ1v) is 5.64. The van der Waals surface area contributed by atoms with Crippen LogP contribution < -0.4 is 4.74 Å². The summed E-state index contributed by atoms with van der Waals surface area (Å²) < 4.78 is 65.0. The fraction of sp³-hybridized carbons (Fsp3) is 0.333. The van der Waals surface area contributed by atoms with Crippen LogP contribution in [0, 0.1) is 0 Å². The quantitative estimate of drug-likeness (QED) is 0.667. The van der Waals surface area contributed by atoms with Crippen molar-refractivity contribution in [2.75, 3.05) is 0 Å². The summed E-state index contributed by atoms with van der Waals surface area (Å²) in [5.74, 6) is -3.33. The third-order valence-corrected chi connectivity index (χ3v) is 2.42. The van der Waals surface area contributed by atoms with E-state index >= 15 is 0 Å². The monoisotopic (exact) mass is 349 g/mol. The number of ether oxygens (including phenoxy) is 1. The highest BCUT2D eigenvalue weighted by atomic mass is 79.9. The fourth-order valence-corrected chi connectivity index (χ4v) is 1.49. The summed E-state index contributed by atoms with van der Waals surface area (Å²) in [6, 6.07) is 0.726. The van der Waals surface area contributed by atoms with Crippen LogP contribution in [0.1, 0.15) is 28.2 Å². The highest BCUT2D eigenvalue weighted by Gasteiger charge is 2.36. The lowest BCUT2D eigenvalue weighted by molar-refractivity contribution is -0.275. The van der Waals surface area contributed by atoms with Crippen molar-refractivity contribution in [2.45, 2.75) is 18.1 Å². The zero-order chi connectivity index (χ0) is 14.8. The van der Waals surface area contributed by atoms with Crippen molar-refractivity contribution in [3.63, 3.8) is 0 Å². The van der Waals surface area contributed by atoms with E-state index in [0.717, 1.165) is 6.07 Å². The number of pyridine rings is 1. The Morgan fingerprint density at radius 1 is 1.47 bits per heavy atom. The third kappa shape index (κ3) is 4.01. The number of nitrogens with zero attached hydrogens (tertiary/aromatic N) is 1. The molecule has 106 valence electrons. The molecule has 19 heavy (non-hydrogen) atoms. The fourth-order valence-electron chi connectivity index (χ4n) is 1.21. The van der Waals surface area contributed by atoms with Gasteiger partial charge in [-0.05, 0) is 6.07 Å². The lowest BCUT2D eigenvalue weighted by Gasteiger charge is -2.15. The van der Waals surface area contributed by atoms with Crippen LogP contribution in [-0.2, 0) is 5.33 Å². The molecule has 1 rings (SSSR count). The van der Waals surface area contributed by atoms with Crippen molar-refractivity contribution in [1.29, 1.82) is 0 Å². The van der Waals surface area contributed by atoms with Gasteiger partial charge in [0, 0.05) is 5.33 Å². The van der Waals surface area contributed by atoms with E-state index in [1.54, 1.807) is 0 Å². The first kappa shape index (κ1) is 15.6. The van der Waals surface area contributed by atoms with Crippen LogP contribution in [0.4, 0.5) is 22.0 Å². The van der Waals surface area contributed by atoms with Gasteiger partial charge in [0.25, 0.3) is 6.43 Å². The maximum atomic E-state index is 12.6. The second-order valence-electron chi connectivity index (χ2n) is 3.16. The van der Waals surface area contributed by atoms with Crippen molar-refractivity contribution < 1.29 is 36.6 Å². The molecule has 1 N–H and O–H groups in total. The van der Waals surface area contributed by atoms with Crippen LogP contribution >= 0.6 is 15.9 Å². The minimum absolute atomic E-state index is 0.0979. The Morgan fingerprint density at radius 3 is 2.42 bits per heavy atom. The SMILES string of the molecule is O=C(O)c1cc(CBr)nc(C(F)F)c1OC(F)(F)F. The first-order valence-electron chi connectivity index (χ1n) is 4.52. The van der Waals surface area contributed by atoms with Crippen molar-refractivity contribution >= 4 is 21.9 Å². The van der Waals surface area contributed by atoms with E-state index in [9.17, 15) is 26.7 Å². The summed E-state index contributed by atoms with van der Waals surface area (Å²) >= 11 is 2.85. The summed E-state index contributed by atoms with van der Waals surface area (Å²) in [5.41, 5.74) is -2.55. The van der Waals surface area contributed by atoms with E-state index in [-0.39, 0.29) is 11.0 Å². The van der Waals surface area contributed by atoms with Gasteiger partial charge in [-0.25, -0.2) is 18.6 Å². The molecule has 0 aliphatic heterocycles. The molecule has 0 saturated carbocycles. The molecule has 0 bridgehead atoms. The Morgan fingerprint density at radius 2 is 2.05 bits per heavy atom. The molecule has 1 heterocycles. The van der Waals surface area contributed by atoms with Gasteiger partial charge in [0.2, 0.25) is 0 Å². The molecule has 0 saturated heterocycles. The second-order valence-corrected chi connectivity index (χ2v) is 3.72.